The van der Waals surface area contributed by atoms with Gasteiger partial charge >= 0.3 is 0 Å². The van der Waals surface area contributed by atoms with Crippen molar-refractivity contribution in [2.75, 3.05) is 25.6 Å². The molecule has 26 heavy (non-hydrogen) atoms. The first kappa shape index (κ1) is 23.2. The fraction of sp³-hybridized carbons (Fsp3) is 0.474. The molecule has 0 aliphatic carbocycles. The number of nitrogens with one attached hydrogen (secondary N) is 2. The molecule has 2 N–H and O–H groups in total. The van der Waals surface area contributed by atoms with Crippen LogP contribution in [-0.4, -0.2) is 36.5 Å². The van der Waals surface area contributed by atoms with Gasteiger partial charge in [0.1, 0.15) is 0 Å². The highest BCUT2D eigenvalue weighted by atomic mass is 127. The number of rotatable bonds is 10. The van der Waals surface area contributed by atoms with Crippen LogP contribution in [0.5, 0.6) is 0 Å². The van der Waals surface area contributed by atoms with Crippen molar-refractivity contribution in [1.82, 2.24) is 15.6 Å². The summed E-state index contributed by atoms with van der Waals surface area (Å²) < 4.78 is 0. The molecule has 0 aliphatic rings. The van der Waals surface area contributed by atoms with Gasteiger partial charge in [0.15, 0.2) is 5.96 Å². The van der Waals surface area contributed by atoms with Gasteiger partial charge in [0.25, 0.3) is 0 Å². The van der Waals surface area contributed by atoms with Gasteiger partial charge in [-0.15, -0.1) is 35.3 Å². The molecule has 0 radical (unpaired) electrons. The quantitative estimate of drug-likeness (QED) is 0.219. The van der Waals surface area contributed by atoms with Gasteiger partial charge in [0.2, 0.25) is 0 Å². The Balaban J connectivity index is 0.00000338. The molecule has 7 heteroatoms. The first-order valence-corrected chi connectivity index (χ1v) is 11.0. The fourth-order valence-corrected chi connectivity index (χ4v) is 3.70. The predicted octanol–water partition coefficient (Wildman–Crippen LogP) is 4.35. The maximum atomic E-state index is 4.72. The van der Waals surface area contributed by atoms with Crippen LogP contribution < -0.4 is 10.6 Å². The lowest BCUT2D eigenvalue weighted by atomic mass is 10.1. The van der Waals surface area contributed by atoms with E-state index < -0.39 is 0 Å². The average Bonchev–Trinajstić information content (AvgIpc) is 3.11. The first-order valence-electron chi connectivity index (χ1n) is 8.72. The average molecular weight is 505 g/mol. The number of benzene rings is 1. The van der Waals surface area contributed by atoms with Crippen LogP contribution >= 0.6 is 47.1 Å². The number of thiazole rings is 1. The van der Waals surface area contributed by atoms with Gasteiger partial charge in [-0.05, 0) is 36.8 Å². The van der Waals surface area contributed by atoms with Crippen LogP contribution in [0.4, 0.5) is 0 Å². The highest BCUT2D eigenvalue weighted by Gasteiger charge is 2.04. The third kappa shape index (κ3) is 9.23. The van der Waals surface area contributed by atoms with Gasteiger partial charge in [0, 0.05) is 25.4 Å². The zero-order chi connectivity index (χ0) is 17.7. The van der Waals surface area contributed by atoms with Crippen LogP contribution in [0, 0.1) is 0 Å². The normalized spacial score (nSPS) is 11.1. The van der Waals surface area contributed by atoms with Crippen molar-refractivity contribution in [1.29, 1.82) is 0 Å². The smallest absolute Gasteiger partial charge is 0.191 e. The van der Waals surface area contributed by atoms with E-state index in [0.29, 0.717) is 6.54 Å². The molecule has 0 atom stereocenters. The lowest BCUT2D eigenvalue weighted by Gasteiger charge is -2.10. The summed E-state index contributed by atoms with van der Waals surface area (Å²) >= 11 is 3.64. The van der Waals surface area contributed by atoms with Gasteiger partial charge < -0.3 is 10.6 Å². The highest BCUT2D eigenvalue weighted by molar-refractivity contribution is 14.0. The number of thioether (sulfide) groups is 1. The van der Waals surface area contributed by atoms with E-state index in [0.717, 1.165) is 31.0 Å². The van der Waals surface area contributed by atoms with Crippen LogP contribution in [-0.2, 0) is 19.4 Å². The second kappa shape index (κ2) is 14.3. The van der Waals surface area contributed by atoms with Gasteiger partial charge in [-0.2, -0.15) is 11.8 Å². The number of nitrogens with zero attached hydrogens (tertiary/aromatic N) is 2. The van der Waals surface area contributed by atoms with Crippen LogP contribution in [0.15, 0.2) is 40.7 Å². The number of aryl methyl sites for hydroxylation is 2. The molecular weight excluding hydrogens is 475 g/mol. The lowest BCUT2D eigenvalue weighted by Crippen LogP contribution is -2.37. The number of hydrogen-bond donors (Lipinski definition) is 2. The summed E-state index contributed by atoms with van der Waals surface area (Å²) in [5.41, 5.74) is 2.45. The van der Waals surface area contributed by atoms with Crippen molar-refractivity contribution in [2.45, 2.75) is 32.2 Å². The molecule has 0 fully saturated rings. The van der Waals surface area contributed by atoms with Crippen molar-refractivity contribution in [3.63, 3.8) is 0 Å². The second-order valence-electron chi connectivity index (χ2n) is 5.77. The molecule has 1 aromatic heterocycles. The first-order chi connectivity index (χ1) is 12.3. The summed E-state index contributed by atoms with van der Waals surface area (Å²) in [5.74, 6) is 2.07. The van der Waals surface area contributed by atoms with Crippen molar-refractivity contribution in [2.24, 2.45) is 4.99 Å². The molecule has 4 nitrogen and oxygen atoms in total. The molecule has 0 bridgehead atoms. The monoisotopic (exact) mass is 504 g/mol. The molecule has 1 heterocycles. The molecule has 144 valence electrons. The number of aromatic nitrogens is 1. The summed E-state index contributed by atoms with van der Waals surface area (Å²) in [6.45, 7) is 1.67. The van der Waals surface area contributed by atoms with Crippen LogP contribution in [0.3, 0.4) is 0 Å². The Bertz CT molecular complexity index is 631. The van der Waals surface area contributed by atoms with Crippen molar-refractivity contribution in [3.05, 3.63) is 52.0 Å². The number of guanidine groups is 1. The summed E-state index contributed by atoms with van der Waals surface area (Å²) in [4.78, 5) is 8.99. The van der Waals surface area contributed by atoms with Crippen molar-refractivity contribution in [3.8, 4) is 0 Å². The third-order valence-electron chi connectivity index (χ3n) is 3.80. The highest BCUT2D eigenvalue weighted by Crippen LogP contribution is 2.13. The minimum absolute atomic E-state index is 0. The third-order valence-corrected chi connectivity index (χ3v) is 5.45. The summed E-state index contributed by atoms with van der Waals surface area (Å²) in [6.07, 6.45) is 6.59. The summed E-state index contributed by atoms with van der Waals surface area (Å²) in [7, 11) is 1.81. The van der Waals surface area contributed by atoms with E-state index in [9.17, 15) is 0 Å². The van der Waals surface area contributed by atoms with E-state index in [4.69, 9.17) is 4.98 Å². The topological polar surface area (TPSA) is 49.3 Å². The maximum Gasteiger partial charge on any atom is 0.191 e. The molecule has 2 aromatic rings. The van der Waals surface area contributed by atoms with E-state index in [1.165, 1.54) is 29.2 Å². The minimum atomic E-state index is 0. The van der Waals surface area contributed by atoms with Crippen LogP contribution in [0.2, 0.25) is 0 Å². The molecule has 0 unspecified atom stereocenters. The van der Waals surface area contributed by atoms with Gasteiger partial charge in [-0.1, -0.05) is 30.3 Å². The number of aliphatic imine (C=N–C) groups is 1. The van der Waals surface area contributed by atoms with Crippen molar-refractivity contribution >= 4 is 53.0 Å². The van der Waals surface area contributed by atoms with Gasteiger partial charge in [-0.25, -0.2) is 4.98 Å². The van der Waals surface area contributed by atoms with E-state index in [2.05, 4.69) is 57.6 Å². The van der Waals surface area contributed by atoms with E-state index >= 15 is 0 Å². The van der Waals surface area contributed by atoms with E-state index in [1.54, 1.807) is 11.3 Å². The molecule has 0 aliphatic heterocycles. The van der Waals surface area contributed by atoms with Crippen LogP contribution in [0.25, 0.3) is 0 Å². The Labute approximate surface area is 182 Å². The lowest BCUT2D eigenvalue weighted by molar-refractivity contribution is 0.729. The Morgan fingerprint density at radius 3 is 2.69 bits per heavy atom. The minimum Gasteiger partial charge on any atom is -0.356 e. The zero-order valence-electron chi connectivity index (χ0n) is 15.5. The standard InChI is InChI=1S/C19H28N4S2.HI/c1-20-19(21-12-6-7-13-24-2)22-14-17-15-25-18(23-17)11-10-16-8-4-3-5-9-16;/h3-5,8-9,15H,6-7,10-14H2,1-2H3,(H2,20,21,22);1H. The Kier molecular flexibility index (Phi) is 12.8. The largest absolute Gasteiger partial charge is 0.356 e. The Hall–Kier alpha value is -0.800. The molecule has 0 spiro atoms. The summed E-state index contributed by atoms with van der Waals surface area (Å²) in [6, 6.07) is 10.6. The Morgan fingerprint density at radius 2 is 1.96 bits per heavy atom. The van der Waals surface area contributed by atoms with Gasteiger partial charge in [-0.3, -0.25) is 4.99 Å². The molecule has 2 rings (SSSR count). The number of unbranched alkanes of at least 4 members (excludes halogenated alkanes) is 1. The zero-order valence-corrected chi connectivity index (χ0v) is 19.5. The molecule has 0 saturated carbocycles. The van der Waals surface area contributed by atoms with Crippen molar-refractivity contribution < 1.29 is 0 Å². The number of halogens is 1. The summed E-state index contributed by atoms with van der Waals surface area (Å²) in [5, 5.41) is 10.0. The predicted molar refractivity (Wildman–Crippen MR) is 127 cm³/mol. The fourth-order valence-electron chi connectivity index (χ4n) is 2.41. The second-order valence-corrected chi connectivity index (χ2v) is 7.70. The Morgan fingerprint density at radius 1 is 1.15 bits per heavy atom. The SMILES string of the molecule is CN=C(NCCCCSC)NCc1csc(CCc2ccccc2)n1.I. The van der Waals surface area contributed by atoms with Crippen LogP contribution in [0.1, 0.15) is 29.1 Å². The van der Waals surface area contributed by atoms with Gasteiger partial charge in [0.05, 0.1) is 17.2 Å². The number of hydrogen-bond acceptors (Lipinski definition) is 4. The van der Waals surface area contributed by atoms with E-state index in [-0.39, 0.29) is 24.0 Å². The maximum absolute atomic E-state index is 4.72. The molecule has 0 amide bonds. The molecule has 0 saturated heterocycles. The molecular formula is C19H29IN4S2. The van der Waals surface area contributed by atoms with E-state index in [1.807, 2.05) is 18.8 Å². The molecule has 1 aromatic carbocycles.